The van der Waals surface area contributed by atoms with Crippen molar-refractivity contribution in [1.82, 2.24) is 0 Å². The minimum Gasteiger partial charge on any atom is -0.465 e. The first-order valence-corrected chi connectivity index (χ1v) is 5.47. The normalized spacial score (nSPS) is 49.6. The Morgan fingerprint density at radius 2 is 2.47 bits per heavy atom. The van der Waals surface area contributed by atoms with Crippen LogP contribution in [0.4, 0.5) is 0 Å². The van der Waals surface area contributed by atoms with E-state index in [1.165, 1.54) is 0 Å². The number of nitrogens with zero attached hydrogens (tertiary/aromatic N) is 1. The number of rotatable bonds is 2. The summed E-state index contributed by atoms with van der Waals surface area (Å²) >= 11 is 0. The van der Waals surface area contributed by atoms with Crippen LogP contribution in [0.15, 0.2) is 0 Å². The molecule has 3 rings (SSSR count). The summed E-state index contributed by atoms with van der Waals surface area (Å²) in [6, 6.07) is 2.20. The maximum Gasteiger partial charge on any atom is 0.326 e. The monoisotopic (exact) mass is 207 g/mol. The van der Waals surface area contributed by atoms with Crippen molar-refractivity contribution in [1.29, 1.82) is 5.26 Å². The second-order valence-electron chi connectivity index (χ2n) is 4.68. The van der Waals surface area contributed by atoms with Crippen molar-refractivity contribution in [3.05, 3.63) is 0 Å². The zero-order valence-electron chi connectivity index (χ0n) is 8.60. The van der Waals surface area contributed by atoms with Crippen molar-refractivity contribution in [2.24, 2.45) is 17.3 Å². The van der Waals surface area contributed by atoms with E-state index in [0.29, 0.717) is 25.0 Å². The fourth-order valence-electron chi connectivity index (χ4n) is 3.35. The number of carbonyl (C=O) groups excluding carboxylic acids is 1. The smallest absolute Gasteiger partial charge is 0.326 e. The molecule has 3 fully saturated rings. The highest BCUT2D eigenvalue weighted by molar-refractivity contribution is 5.81. The van der Waals surface area contributed by atoms with Gasteiger partial charge in [-0.05, 0) is 25.7 Å². The molecule has 1 heterocycles. The SMILES string of the molecule is CCOC(=O)C1(C#N)CC2CC1C1OC21. The van der Waals surface area contributed by atoms with Crippen LogP contribution in [0.3, 0.4) is 0 Å². The number of fused-ring (bicyclic) bond motifs is 5. The Kier molecular flexibility index (Phi) is 1.67. The van der Waals surface area contributed by atoms with E-state index in [4.69, 9.17) is 9.47 Å². The Bertz CT molecular complexity index is 361. The molecule has 0 aromatic carbocycles. The third-order valence-corrected chi connectivity index (χ3v) is 4.04. The van der Waals surface area contributed by atoms with Gasteiger partial charge in [0, 0.05) is 5.92 Å². The van der Waals surface area contributed by atoms with E-state index < -0.39 is 5.41 Å². The van der Waals surface area contributed by atoms with E-state index in [1.54, 1.807) is 6.92 Å². The van der Waals surface area contributed by atoms with Gasteiger partial charge in [0.15, 0.2) is 5.41 Å². The first-order chi connectivity index (χ1) is 7.23. The number of ether oxygens (including phenoxy) is 2. The maximum atomic E-state index is 11.9. The molecule has 0 radical (unpaired) electrons. The van der Waals surface area contributed by atoms with Gasteiger partial charge < -0.3 is 9.47 Å². The van der Waals surface area contributed by atoms with E-state index in [9.17, 15) is 10.1 Å². The van der Waals surface area contributed by atoms with Crippen LogP contribution >= 0.6 is 0 Å². The van der Waals surface area contributed by atoms with Crippen LogP contribution in [-0.4, -0.2) is 24.8 Å². The summed E-state index contributed by atoms with van der Waals surface area (Å²) in [6.45, 7) is 2.11. The summed E-state index contributed by atoms with van der Waals surface area (Å²) in [6.07, 6.45) is 2.09. The molecule has 2 saturated carbocycles. The van der Waals surface area contributed by atoms with Crippen molar-refractivity contribution in [2.75, 3.05) is 6.61 Å². The summed E-state index contributed by atoms with van der Waals surface area (Å²) in [4.78, 5) is 11.9. The van der Waals surface area contributed by atoms with Gasteiger partial charge in [-0.1, -0.05) is 0 Å². The minimum atomic E-state index is -0.904. The van der Waals surface area contributed by atoms with Crippen molar-refractivity contribution < 1.29 is 14.3 Å². The number of esters is 1. The van der Waals surface area contributed by atoms with Crippen molar-refractivity contribution >= 4 is 5.97 Å². The second-order valence-corrected chi connectivity index (χ2v) is 4.68. The standard InChI is InChI=1S/C11H13NO3/c1-2-14-10(13)11(5-12)4-6-3-7(11)9-8(6)15-9/h6-9H,2-4H2,1H3. The quantitative estimate of drug-likeness (QED) is 0.498. The van der Waals surface area contributed by atoms with Crippen LogP contribution in [-0.2, 0) is 14.3 Å². The predicted octanol–water partition coefficient (Wildman–Crippen LogP) is 0.867. The first-order valence-electron chi connectivity index (χ1n) is 5.47. The molecule has 0 spiro atoms. The van der Waals surface area contributed by atoms with Crippen LogP contribution in [0.25, 0.3) is 0 Å². The Morgan fingerprint density at radius 1 is 1.67 bits per heavy atom. The zero-order chi connectivity index (χ0) is 10.6. The van der Waals surface area contributed by atoms with E-state index in [1.807, 2.05) is 0 Å². The molecule has 0 N–H and O–H groups in total. The maximum absolute atomic E-state index is 11.9. The van der Waals surface area contributed by atoms with Crippen LogP contribution in [0, 0.1) is 28.6 Å². The lowest BCUT2D eigenvalue weighted by atomic mass is 9.74. The van der Waals surface area contributed by atoms with Gasteiger partial charge in [-0.3, -0.25) is 4.79 Å². The van der Waals surface area contributed by atoms with Crippen molar-refractivity contribution in [2.45, 2.75) is 32.0 Å². The number of hydrogen-bond donors (Lipinski definition) is 0. The molecular weight excluding hydrogens is 194 g/mol. The molecule has 80 valence electrons. The molecule has 0 amide bonds. The molecule has 1 saturated heterocycles. The number of nitriles is 1. The van der Waals surface area contributed by atoms with Gasteiger partial charge >= 0.3 is 5.97 Å². The Hall–Kier alpha value is -1.08. The minimum absolute atomic E-state index is 0.0801. The molecule has 0 aromatic heterocycles. The number of hydrogen-bond acceptors (Lipinski definition) is 4. The molecule has 0 aromatic rings. The lowest BCUT2D eigenvalue weighted by Crippen LogP contribution is -2.39. The van der Waals surface area contributed by atoms with Gasteiger partial charge in [0.25, 0.3) is 0 Å². The highest BCUT2D eigenvalue weighted by Crippen LogP contribution is 2.64. The molecular formula is C11H13NO3. The summed E-state index contributed by atoms with van der Waals surface area (Å²) < 4.78 is 10.5. The van der Waals surface area contributed by atoms with E-state index in [-0.39, 0.29) is 18.0 Å². The molecule has 5 atom stereocenters. The third-order valence-electron chi connectivity index (χ3n) is 4.04. The van der Waals surface area contributed by atoms with Crippen molar-refractivity contribution in [3.63, 3.8) is 0 Å². The van der Waals surface area contributed by atoms with Gasteiger partial charge in [0.1, 0.15) is 0 Å². The average molecular weight is 207 g/mol. The summed E-state index contributed by atoms with van der Waals surface area (Å²) in [5.41, 5.74) is -0.904. The van der Waals surface area contributed by atoms with Crippen LogP contribution in [0.5, 0.6) is 0 Å². The lowest BCUT2D eigenvalue weighted by molar-refractivity contribution is -0.154. The molecule has 15 heavy (non-hydrogen) atoms. The van der Waals surface area contributed by atoms with Crippen LogP contribution < -0.4 is 0 Å². The molecule has 2 bridgehead atoms. The Labute approximate surface area is 88.2 Å². The number of carbonyl (C=O) groups is 1. The van der Waals surface area contributed by atoms with Gasteiger partial charge in [-0.15, -0.1) is 0 Å². The fraction of sp³-hybridized carbons (Fsp3) is 0.818. The number of epoxide rings is 1. The third kappa shape index (κ3) is 0.967. The van der Waals surface area contributed by atoms with E-state index in [2.05, 4.69) is 6.07 Å². The van der Waals surface area contributed by atoms with Gasteiger partial charge in [-0.2, -0.15) is 5.26 Å². The molecule has 1 aliphatic heterocycles. The average Bonchev–Trinajstić information content (AvgIpc) is 2.86. The largest absolute Gasteiger partial charge is 0.465 e. The van der Waals surface area contributed by atoms with Crippen LogP contribution in [0.2, 0.25) is 0 Å². The Morgan fingerprint density at radius 3 is 3.00 bits per heavy atom. The molecule has 5 unspecified atom stereocenters. The summed E-state index contributed by atoms with van der Waals surface area (Å²) in [7, 11) is 0. The summed E-state index contributed by atoms with van der Waals surface area (Å²) in [5, 5.41) is 9.27. The predicted molar refractivity (Wildman–Crippen MR) is 49.6 cm³/mol. The van der Waals surface area contributed by atoms with Gasteiger partial charge in [0.05, 0.1) is 24.9 Å². The first kappa shape index (κ1) is 9.17. The highest BCUT2D eigenvalue weighted by Gasteiger charge is 2.72. The molecule has 2 aliphatic carbocycles. The summed E-state index contributed by atoms with van der Waals surface area (Å²) in [5.74, 6) is 0.148. The molecule has 4 heteroatoms. The second kappa shape index (κ2) is 2.73. The van der Waals surface area contributed by atoms with E-state index in [0.717, 1.165) is 6.42 Å². The zero-order valence-corrected chi connectivity index (χ0v) is 8.60. The van der Waals surface area contributed by atoms with Gasteiger partial charge in [0.2, 0.25) is 0 Å². The van der Waals surface area contributed by atoms with Crippen LogP contribution in [0.1, 0.15) is 19.8 Å². The van der Waals surface area contributed by atoms with Gasteiger partial charge in [-0.25, -0.2) is 0 Å². The lowest BCUT2D eigenvalue weighted by Gasteiger charge is -2.26. The molecule has 3 aliphatic rings. The molecule has 4 nitrogen and oxygen atoms in total. The Balaban J connectivity index is 1.89. The fourth-order valence-corrected chi connectivity index (χ4v) is 3.35. The van der Waals surface area contributed by atoms with E-state index >= 15 is 0 Å². The van der Waals surface area contributed by atoms with Crippen molar-refractivity contribution in [3.8, 4) is 6.07 Å². The topological polar surface area (TPSA) is 62.6 Å². The highest BCUT2D eigenvalue weighted by atomic mass is 16.6.